The van der Waals surface area contributed by atoms with Crippen LogP contribution in [0.2, 0.25) is 0 Å². The van der Waals surface area contributed by atoms with Crippen molar-refractivity contribution >= 4 is 10.8 Å². The fourth-order valence-electron chi connectivity index (χ4n) is 2.93. The molecule has 0 aliphatic heterocycles. The van der Waals surface area contributed by atoms with E-state index < -0.39 is 0 Å². The van der Waals surface area contributed by atoms with E-state index in [4.69, 9.17) is 9.47 Å². The lowest BCUT2D eigenvalue weighted by Crippen LogP contribution is -2.19. The van der Waals surface area contributed by atoms with Gasteiger partial charge in [0, 0.05) is 11.9 Å². The number of benzene rings is 2. The minimum atomic E-state index is -0.0680. The van der Waals surface area contributed by atoms with E-state index in [0.29, 0.717) is 16.9 Å². The van der Waals surface area contributed by atoms with Crippen molar-refractivity contribution in [2.75, 3.05) is 14.2 Å². The van der Waals surface area contributed by atoms with Gasteiger partial charge in [0.2, 0.25) is 0 Å². The highest BCUT2D eigenvalue weighted by molar-refractivity contribution is 5.89. The van der Waals surface area contributed by atoms with Crippen LogP contribution >= 0.6 is 0 Å². The molecule has 124 valence electrons. The van der Waals surface area contributed by atoms with Gasteiger partial charge in [-0.25, -0.2) is 0 Å². The molecule has 3 rings (SSSR count). The van der Waals surface area contributed by atoms with Gasteiger partial charge < -0.3 is 9.47 Å². The topological polar surface area (TPSA) is 40.5 Å². The lowest BCUT2D eigenvalue weighted by Gasteiger charge is -2.17. The lowest BCUT2D eigenvalue weighted by molar-refractivity contribution is 0.356. The van der Waals surface area contributed by atoms with E-state index in [9.17, 15) is 4.79 Å². The molecule has 0 unspecified atom stereocenters. The Hall–Kier alpha value is -2.75. The molecule has 0 fully saturated rings. The summed E-state index contributed by atoms with van der Waals surface area (Å²) in [5.74, 6) is 1.45. The van der Waals surface area contributed by atoms with Crippen LogP contribution in [0.5, 0.6) is 11.5 Å². The van der Waals surface area contributed by atoms with Crippen LogP contribution in [0.4, 0.5) is 0 Å². The summed E-state index contributed by atoms with van der Waals surface area (Å²) < 4.78 is 12.5. The third-order valence-electron chi connectivity index (χ3n) is 4.21. The highest BCUT2D eigenvalue weighted by atomic mass is 16.5. The first-order valence-corrected chi connectivity index (χ1v) is 7.93. The zero-order valence-corrected chi connectivity index (χ0v) is 14.4. The number of hydrogen-bond donors (Lipinski definition) is 0. The van der Waals surface area contributed by atoms with Crippen LogP contribution in [0.15, 0.2) is 53.5 Å². The number of nitrogens with zero attached hydrogens (tertiary/aromatic N) is 1. The monoisotopic (exact) mass is 323 g/mol. The standard InChI is InChI=1S/C20H21NO3/c1-13(2)17-12-21(14-8-6-5-7-9-14)20(22)16-11-19(24-4)18(23-3)10-15(16)17/h5-13H,1-4H3. The number of rotatable bonds is 4. The summed E-state index contributed by atoms with van der Waals surface area (Å²) in [6, 6.07) is 13.3. The Morgan fingerprint density at radius 1 is 0.917 bits per heavy atom. The van der Waals surface area contributed by atoms with E-state index >= 15 is 0 Å². The van der Waals surface area contributed by atoms with Crippen molar-refractivity contribution in [3.63, 3.8) is 0 Å². The van der Waals surface area contributed by atoms with E-state index in [1.165, 1.54) is 0 Å². The van der Waals surface area contributed by atoms with E-state index in [0.717, 1.165) is 16.6 Å². The first kappa shape index (κ1) is 16.1. The minimum Gasteiger partial charge on any atom is -0.493 e. The molecule has 0 aliphatic carbocycles. The predicted molar refractivity (Wildman–Crippen MR) is 96.7 cm³/mol. The lowest BCUT2D eigenvalue weighted by atomic mass is 9.97. The summed E-state index contributed by atoms with van der Waals surface area (Å²) in [7, 11) is 3.18. The highest BCUT2D eigenvalue weighted by Gasteiger charge is 2.16. The maximum Gasteiger partial charge on any atom is 0.263 e. The zero-order valence-electron chi connectivity index (χ0n) is 14.4. The van der Waals surface area contributed by atoms with Crippen LogP contribution in [0.3, 0.4) is 0 Å². The first-order chi connectivity index (χ1) is 11.6. The van der Waals surface area contributed by atoms with Crippen LogP contribution in [0.1, 0.15) is 25.3 Å². The predicted octanol–water partition coefficient (Wildman–Crippen LogP) is 4.13. The summed E-state index contributed by atoms with van der Waals surface area (Å²) in [5.41, 5.74) is 1.87. The Kier molecular flexibility index (Phi) is 4.30. The average Bonchev–Trinajstić information content (AvgIpc) is 2.61. The summed E-state index contributed by atoms with van der Waals surface area (Å²) in [4.78, 5) is 13.0. The number of ether oxygens (including phenoxy) is 2. The molecule has 0 radical (unpaired) electrons. The molecular weight excluding hydrogens is 302 g/mol. The number of para-hydroxylation sites is 1. The van der Waals surface area contributed by atoms with Crippen molar-refractivity contribution in [2.45, 2.75) is 19.8 Å². The maximum atomic E-state index is 13.0. The molecular formula is C20H21NO3. The van der Waals surface area contributed by atoms with Crippen molar-refractivity contribution in [1.82, 2.24) is 4.57 Å². The smallest absolute Gasteiger partial charge is 0.263 e. The van der Waals surface area contributed by atoms with Crippen LogP contribution in [0.25, 0.3) is 16.5 Å². The molecule has 1 heterocycles. The molecule has 0 bridgehead atoms. The third-order valence-corrected chi connectivity index (χ3v) is 4.21. The van der Waals surface area contributed by atoms with Gasteiger partial charge in [-0.15, -0.1) is 0 Å². The van der Waals surface area contributed by atoms with Gasteiger partial charge in [0.25, 0.3) is 5.56 Å². The van der Waals surface area contributed by atoms with Gasteiger partial charge in [-0.3, -0.25) is 9.36 Å². The van der Waals surface area contributed by atoms with Crippen molar-refractivity contribution in [2.24, 2.45) is 0 Å². The number of methoxy groups -OCH3 is 2. The van der Waals surface area contributed by atoms with Gasteiger partial charge in [0.1, 0.15) is 0 Å². The summed E-state index contributed by atoms with van der Waals surface area (Å²) in [6.07, 6.45) is 1.93. The Morgan fingerprint density at radius 2 is 1.50 bits per heavy atom. The van der Waals surface area contributed by atoms with E-state index in [2.05, 4.69) is 13.8 Å². The maximum absolute atomic E-state index is 13.0. The van der Waals surface area contributed by atoms with Crippen LogP contribution in [-0.2, 0) is 0 Å². The SMILES string of the molecule is COc1cc2c(C(C)C)cn(-c3ccccc3)c(=O)c2cc1OC. The van der Waals surface area contributed by atoms with Crippen molar-refractivity contribution in [1.29, 1.82) is 0 Å². The number of pyridine rings is 1. The molecule has 0 atom stereocenters. The number of hydrogen-bond acceptors (Lipinski definition) is 3. The highest BCUT2D eigenvalue weighted by Crippen LogP contribution is 2.34. The fraction of sp³-hybridized carbons (Fsp3) is 0.250. The Morgan fingerprint density at radius 3 is 2.04 bits per heavy atom. The molecule has 2 aromatic carbocycles. The van der Waals surface area contributed by atoms with Gasteiger partial charge in [-0.1, -0.05) is 32.0 Å². The van der Waals surface area contributed by atoms with E-state index in [1.54, 1.807) is 24.9 Å². The Labute approximate surface area is 141 Å². The van der Waals surface area contributed by atoms with Gasteiger partial charge >= 0.3 is 0 Å². The number of aromatic nitrogens is 1. The molecule has 0 N–H and O–H groups in total. The normalized spacial score (nSPS) is 11.0. The first-order valence-electron chi connectivity index (χ1n) is 7.93. The van der Waals surface area contributed by atoms with E-state index in [-0.39, 0.29) is 11.5 Å². The second-order valence-corrected chi connectivity index (χ2v) is 6.00. The van der Waals surface area contributed by atoms with Crippen LogP contribution in [0, 0.1) is 0 Å². The van der Waals surface area contributed by atoms with Crippen LogP contribution < -0.4 is 15.0 Å². The van der Waals surface area contributed by atoms with Crippen molar-refractivity contribution in [3.05, 3.63) is 64.6 Å². The minimum absolute atomic E-state index is 0.0680. The fourth-order valence-corrected chi connectivity index (χ4v) is 2.93. The summed E-state index contributed by atoms with van der Waals surface area (Å²) >= 11 is 0. The molecule has 0 spiro atoms. The molecule has 4 heteroatoms. The summed E-state index contributed by atoms with van der Waals surface area (Å²) in [6.45, 7) is 4.23. The van der Waals surface area contributed by atoms with Gasteiger partial charge in [0.15, 0.2) is 11.5 Å². The molecule has 4 nitrogen and oxygen atoms in total. The summed E-state index contributed by atoms with van der Waals surface area (Å²) in [5, 5.41) is 1.53. The molecule has 1 aromatic heterocycles. The van der Waals surface area contributed by atoms with Crippen molar-refractivity contribution < 1.29 is 9.47 Å². The van der Waals surface area contributed by atoms with Gasteiger partial charge in [-0.05, 0) is 41.1 Å². The quantitative estimate of drug-likeness (QED) is 0.725. The molecule has 0 amide bonds. The average molecular weight is 323 g/mol. The molecule has 3 aromatic rings. The second kappa shape index (κ2) is 6.40. The number of fused-ring (bicyclic) bond motifs is 1. The van der Waals surface area contributed by atoms with Gasteiger partial charge in [-0.2, -0.15) is 0 Å². The van der Waals surface area contributed by atoms with E-state index in [1.807, 2.05) is 42.6 Å². The molecule has 0 aliphatic rings. The van der Waals surface area contributed by atoms with Crippen molar-refractivity contribution in [3.8, 4) is 17.2 Å². The van der Waals surface area contributed by atoms with Crippen LogP contribution in [-0.4, -0.2) is 18.8 Å². The molecule has 24 heavy (non-hydrogen) atoms. The molecule has 0 saturated heterocycles. The molecule has 0 saturated carbocycles. The third kappa shape index (κ3) is 2.64. The Balaban J connectivity index is 2.42. The second-order valence-electron chi connectivity index (χ2n) is 6.00. The Bertz CT molecular complexity index is 927. The largest absolute Gasteiger partial charge is 0.493 e. The zero-order chi connectivity index (χ0) is 17.3. The van der Waals surface area contributed by atoms with Gasteiger partial charge in [0.05, 0.1) is 19.6 Å².